The van der Waals surface area contributed by atoms with E-state index in [1.54, 1.807) is 16.8 Å². The summed E-state index contributed by atoms with van der Waals surface area (Å²) in [5.74, 6) is 0.610. The van der Waals surface area contributed by atoms with Crippen molar-refractivity contribution in [2.24, 2.45) is 0 Å². The number of aromatic nitrogens is 2. The van der Waals surface area contributed by atoms with Gasteiger partial charge in [-0.2, -0.15) is 5.10 Å². The zero-order chi connectivity index (χ0) is 15.9. The zero-order valence-electron chi connectivity index (χ0n) is 12.4. The lowest BCUT2D eigenvalue weighted by Crippen LogP contribution is -2.19. The molecule has 118 valence electrons. The maximum absolute atomic E-state index is 12.3. The van der Waals surface area contributed by atoms with Crippen LogP contribution in [-0.2, 0) is 9.84 Å². The van der Waals surface area contributed by atoms with E-state index < -0.39 is 9.84 Å². The first kappa shape index (κ1) is 15.2. The number of anilines is 1. The van der Waals surface area contributed by atoms with Gasteiger partial charge in [0.05, 0.1) is 28.1 Å². The van der Waals surface area contributed by atoms with E-state index in [4.69, 9.17) is 0 Å². The average Bonchev–Trinajstić information content (AvgIpc) is 3.09. The van der Waals surface area contributed by atoms with Crippen LogP contribution in [0.15, 0.2) is 18.2 Å². The Morgan fingerprint density at radius 3 is 2.77 bits per heavy atom. The van der Waals surface area contributed by atoms with Crippen LogP contribution in [-0.4, -0.2) is 35.6 Å². The van der Waals surface area contributed by atoms with E-state index in [-0.39, 0.29) is 23.5 Å². The highest BCUT2D eigenvalue weighted by Gasteiger charge is 2.31. The van der Waals surface area contributed by atoms with Crippen LogP contribution in [0.5, 0.6) is 0 Å². The van der Waals surface area contributed by atoms with Crippen molar-refractivity contribution in [2.45, 2.75) is 26.3 Å². The summed E-state index contributed by atoms with van der Waals surface area (Å²) in [6.45, 7) is 3.77. The van der Waals surface area contributed by atoms with Crippen molar-refractivity contribution in [2.75, 3.05) is 16.8 Å². The third kappa shape index (κ3) is 3.07. The van der Waals surface area contributed by atoms with Crippen LogP contribution in [0.4, 0.5) is 5.82 Å². The summed E-state index contributed by atoms with van der Waals surface area (Å²) in [5.41, 5.74) is 0.752. The van der Waals surface area contributed by atoms with Crippen molar-refractivity contribution in [3.63, 3.8) is 0 Å². The van der Waals surface area contributed by atoms with Crippen molar-refractivity contribution in [3.05, 3.63) is 33.6 Å². The molecule has 1 aliphatic heterocycles. The van der Waals surface area contributed by atoms with Gasteiger partial charge in [-0.25, -0.2) is 13.1 Å². The van der Waals surface area contributed by atoms with E-state index in [0.29, 0.717) is 17.1 Å². The largest absolute Gasteiger partial charge is 0.306 e. The number of carbonyl (C=O) groups excluding carboxylic acids is 1. The molecule has 1 amide bonds. The molecule has 0 radical (unpaired) electrons. The van der Waals surface area contributed by atoms with Gasteiger partial charge in [0.25, 0.3) is 5.91 Å². The maximum atomic E-state index is 12.3. The molecule has 1 fully saturated rings. The van der Waals surface area contributed by atoms with E-state index in [0.717, 1.165) is 10.6 Å². The fraction of sp³-hybridized carbons (Fsp3) is 0.429. The summed E-state index contributed by atoms with van der Waals surface area (Å²) >= 11 is 1.42. The molecule has 1 N–H and O–H groups in total. The second-order valence-electron chi connectivity index (χ2n) is 5.54. The third-order valence-electron chi connectivity index (χ3n) is 3.62. The Labute approximate surface area is 133 Å². The molecule has 0 aliphatic carbocycles. The number of amides is 1. The third-order valence-corrected chi connectivity index (χ3v) is 6.37. The standard InChI is InChI=1S/C14H17N3O3S2/c1-9-7-13(15-14(18)12-4-3-10(2)21-12)17(16-9)11-5-6-22(19,20)8-11/h3-4,7,11H,5-6,8H2,1-2H3,(H,15,18). The fourth-order valence-corrected chi connectivity index (χ4v) is 5.05. The lowest BCUT2D eigenvalue weighted by molar-refractivity contribution is 0.102. The van der Waals surface area contributed by atoms with E-state index in [1.807, 2.05) is 19.9 Å². The molecule has 3 heterocycles. The van der Waals surface area contributed by atoms with Crippen molar-refractivity contribution >= 4 is 32.9 Å². The molecule has 0 saturated carbocycles. The van der Waals surface area contributed by atoms with Crippen molar-refractivity contribution in [3.8, 4) is 0 Å². The number of rotatable bonds is 3. The molecular weight excluding hydrogens is 322 g/mol. The van der Waals surface area contributed by atoms with Gasteiger partial charge in [0.15, 0.2) is 9.84 Å². The number of thiophene rings is 1. The van der Waals surface area contributed by atoms with Gasteiger partial charge >= 0.3 is 0 Å². The molecule has 6 nitrogen and oxygen atoms in total. The van der Waals surface area contributed by atoms with Crippen LogP contribution in [0, 0.1) is 13.8 Å². The SMILES string of the molecule is Cc1cc(NC(=O)c2ccc(C)s2)n(C2CCS(=O)(=O)C2)n1. The van der Waals surface area contributed by atoms with Gasteiger partial charge < -0.3 is 5.32 Å². The second kappa shape index (κ2) is 5.51. The highest BCUT2D eigenvalue weighted by molar-refractivity contribution is 7.91. The van der Waals surface area contributed by atoms with E-state index >= 15 is 0 Å². The number of nitrogens with zero attached hydrogens (tertiary/aromatic N) is 2. The first-order valence-electron chi connectivity index (χ1n) is 6.98. The van der Waals surface area contributed by atoms with Gasteiger partial charge in [-0.15, -0.1) is 11.3 Å². The van der Waals surface area contributed by atoms with Gasteiger partial charge in [-0.05, 0) is 32.4 Å². The molecule has 0 bridgehead atoms. The molecule has 1 unspecified atom stereocenters. The minimum Gasteiger partial charge on any atom is -0.306 e. The molecule has 0 aromatic carbocycles. The fourth-order valence-electron chi connectivity index (χ4n) is 2.59. The number of sulfone groups is 1. The Morgan fingerprint density at radius 1 is 1.41 bits per heavy atom. The molecule has 1 aliphatic rings. The Hall–Kier alpha value is -1.67. The second-order valence-corrected chi connectivity index (χ2v) is 9.05. The van der Waals surface area contributed by atoms with Gasteiger partial charge in [0, 0.05) is 10.9 Å². The normalized spacial score (nSPS) is 20.2. The zero-order valence-corrected chi connectivity index (χ0v) is 14.0. The number of carbonyl (C=O) groups is 1. The van der Waals surface area contributed by atoms with Crippen LogP contribution in [0.25, 0.3) is 0 Å². The lowest BCUT2D eigenvalue weighted by Gasteiger charge is -2.13. The van der Waals surface area contributed by atoms with Crippen LogP contribution in [0.3, 0.4) is 0 Å². The molecule has 3 rings (SSSR count). The summed E-state index contributed by atoms with van der Waals surface area (Å²) in [6, 6.07) is 5.23. The number of hydrogen-bond donors (Lipinski definition) is 1. The summed E-state index contributed by atoms with van der Waals surface area (Å²) in [7, 11) is -3.00. The first-order valence-corrected chi connectivity index (χ1v) is 9.62. The lowest BCUT2D eigenvalue weighted by atomic mass is 10.3. The molecule has 2 aromatic heterocycles. The highest BCUT2D eigenvalue weighted by Crippen LogP contribution is 2.27. The van der Waals surface area contributed by atoms with Crippen LogP contribution < -0.4 is 5.32 Å². The van der Waals surface area contributed by atoms with E-state index in [1.165, 1.54) is 11.3 Å². The predicted molar refractivity (Wildman–Crippen MR) is 86.3 cm³/mol. The number of hydrogen-bond acceptors (Lipinski definition) is 5. The molecule has 8 heteroatoms. The van der Waals surface area contributed by atoms with Crippen LogP contribution in [0.1, 0.15) is 32.7 Å². The van der Waals surface area contributed by atoms with Gasteiger partial charge in [-0.3, -0.25) is 4.79 Å². The monoisotopic (exact) mass is 339 g/mol. The average molecular weight is 339 g/mol. The van der Waals surface area contributed by atoms with Gasteiger partial charge in [0.2, 0.25) is 0 Å². The van der Waals surface area contributed by atoms with E-state index in [9.17, 15) is 13.2 Å². The predicted octanol–water partition coefficient (Wildman–Crippen LogP) is 2.17. The summed E-state index contributed by atoms with van der Waals surface area (Å²) in [4.78, 5) is 14.0. The summed E-state index contributed by atoms with van der Waals surface area (Å²) in [5, 5.41) is 7.19. The van der Waals surface area contributed by atoms with Crippen molar-refractivity contribution in [1.29, 1.82) is 0 Å². The minimum absolute atomic E-state index is 0.0785. The summed E-state index contributed by atoms with van der Waals surface area (Å²) in [6.07, 6.45) is 0.532. The van der Waals surface area contributed by atoms with Crippen molar-refractivity contribution in [1.82, 2.24) is 9.78 Å². The Morgan fingerprint density at radius 2 is 2.18 bits per heavy atom. The molecule has 0 spiro atoms. The Bertz CT molecular complexity index is 820. The maximum Gasteiger partial charge on any atom is 0.266 e. The number of aryl methyl sites for hydroxylation is 2. The summed E-state index contributed by atoms with van der Waals surface area (Å²) < 4.78 is 24.9. The van der Waals surface area contributed by atoms with Crippen molar-refractivity contribution < 1.29 is 13.2 Å². The Kier molecular flexibility index (Phi) is 3.82. The van der Waals surface area contributed by atoms with Crippen LogP contribution >= 0.6 is 11.3 Å². The number of nitrogens with one attached hydrogen (secondary N) is 1. The topological polar surface area (TPSA) is 81.1 Å². The Balaban J connectivity index is 1.84. The quantitative estimate of drug-likeness (QED) is 0.929. The smallest absolute Gasteiger partial charge is 0.266 e. The molecular formula is C14H17N3O3S2. The first-order chi connectivity index (χ1) is 10.3. The van der Waals surface area contributed by atoms with Gasteiger partial charge in [-0.1, -0.05) is 0 Å². The molecule has 1 saturated heterocycles. The molecule has 2 aromatic rings. The highest BCUT2D eigenvalue weighted by atomic mass is 32.2. The molecule has 1 atom stereocenters. The van der Waals surface area contributed by atoms with E-state index in [2.05, 4.69) is 10.4 Å². The minimum atomic E-state index is -3.00. The molecule has 22 heavy (non-hydrogen) atoms. The van der Waals surface area contributed by atoms with Gasteiger partial charge in [0.1, 0.15) is 5.82 Å². The van der Waals surface area contributed by atoms with Crippen LogP contribution in [0.2, 0.25) is 0 Å².